The second kappa shape index (κ2) is 10.6. The van der Waals surface area contributed by atoms with Crippen molar-refractivity contribution in [2.24, 2.45) is 0 Å². The monoisotopic (exact) mass is 518 g/mol. The topological polar surface area (TPSA) is 96.6 Å². The van der Waals surface area contributed by atoms with Crippen LogP contribution < -0.4 is 4.31 Å². The number of amides is 1. The van der Waals surface area contributed by atoms with Gasteiger partial charge in [0.05, 0.1) is 25.0 Å². The van der Waals surface area contributed by atoms with Gasteiger partial charge in [-0.3, -0.25) is 9.10 Å². The molecule has 8 nitrogen and oxygen atoms in total. The Balaban J connectivity index is 1.45. The lowest BCUT2D eigenvalue weighted by atomic mass is 10.1. The lowest BCUT2D eigenvalue weighted by Gasteiger charge is -2.25. The first-order chi connectivity index (χ1) is 17.5. The molecule has 1 heterocycles. The molecule has 0 N–H and O–H groups in total. The zero-order valence-corrected chi connectivity index (χ0v) is 22.4. The van der Waals surface area contributed by atoms with E-state index in [1.165, 1.54) is 15.5 Å². The van der Waals surface area contributed by atoms with Gasteiger partial charge in [0.25, 0.3) is 5.91 Å². The minimum atomic E-state index is -3.52. The van der Waals surface area contributed by atoms with Crippen LogP contribution in [0, 0.1) is 20.8 Å². The van der Waals surface area contributed by atoms with E-state index in [1.54, 1.807) is 31.3 Å². The summed E-state index contributed by atoms with van der Waals surface area (Å²) < 4.78 is 31.9. The predicted octanol–water partition coefficient (Wildman–Crippen LogP) is 4.90. The van der Waals surface area contributed by atoms with Crippen LogP contribution in [0.1, 0.15) is 38.5 Å². The lowest BCUT2D eigenvalue weighted by Crippen LogP contribution is -2.30. The third kappa shape index (κ3) is 6.24. The molecule has 0 saturated heterocycles. The molecule has 4 rings (SSSR count). The molecule has 0 bridgehead atoms. The number of nitrogens with zero attached hydrogens (tertiary/aromatic N) is 4. The zero-order valence-electron chi connectivity index (χ0n) is 21.6. The van der Waals surface area contributed by atoms with Crippen LogP contribution in [0.15, 0.2) is 71.3 Å². The number of aryl methyl sites for hydroxylation is 3. The fourth-order valence-corrected chi connectivity index (χ4v) is 4.86. The highest BCUT2D eigenvalue weighted by Gasteiger charge is 2.21. The fourth-order valence-electron chi connectivity index (χ4n) is 3.92. The summed E-state index contributed by atoms with van der Waals surface area (Å²) in [5.41, 5.74) is 5.72. The minimum Gasteiger partial charge on any atom is -0.337 e. The van der Waals surface area contributed by atoms with Gasteiger partial charge in [-0.1, -0.05) is 59.3 Å². The first-order valence-corrected chi connectivity index (χ1v) is 13.6. The van der Waals surface area contributed by atoms with E-state index >= 15 is 0 Å². The first kappa shape index (κ1) is 26.1. The average Bonchev–Trinajstić information content (AvgIpc) is 3.32. The molecule has 0 saturated carbocycles. The Morgan fingerprint density at radius 2 is 1.54 bits per heavy atom. The van der Waals surface area contributed by atoms with E-state index in [0.29, 0.717) is 23.0 Å². The van der Waals surface area contributed by atoms with Crippen molar-refractivity contribution < 1.29 is 17.7 Å². The van der Waals surface area contributed by atoms with E-state index in [-0.39, 0.29) is 19.0 Å². The van der Waals surface area contributed by atoms with E-state index in [1.807, 2.05) is 63.2 Å². The van der Waals surface area contributed by atoms with Crippen molar-refractivity contribution in [2.45, 2.75) is 33.9 Å². The Morgan fingerprint density at radius 1 is 0.892 bits per heavy atom. The molecule has 1 amide bonds. The van der Waals surface area contributed by atoms with Gasteiger partial charge in [0, 0.05) is 18.2 Å². The molecular weight excluding hydrogens is 488 g/mol. The summed E-state index contributed by atoms with van der Waals surface area (Å²) in [5.74, 6) is 0.593. The van der Waals surface area contributed by atoms with Crippen LogP contribution in [0.5, 0.6) is 0 Å². The predicted molar refractivity (Wildman–Crippen MR) is 144 cm³/mol. The molecular formula is C28H30N4O4S. The van der Waals surface area contributed by atoms with Gasteiger partial charge in [-0.05, 0) is 55.7 Å². The third-order valence-corrected chi connectivity index (χ3v) is 7.18. The Labute approximate surface area is 217 Å². The summed E-state index contributed by atoms with van der Waals surface area (Å²) in [4.78, 5) is 18.9. The molecule has 192 valence electrons. The molecule has 0 unspecified atom stereocenters. The quantitative estimate of drug-likeness (QED) is 0.329. The number of rotatable bonds is 8. The smallest absolute Gasteiger partial charge is 0.254 e. The maximum atomic E-state index is 13.0. The largest absolute Gasteiger partial charge is 0.337 e. The molecule has 4 aromatic rings. The van der Waals surface area contributed by atoms with Crippen molar-refractivity contribution in [3.63, 3.8) is 0 Å². The summed E-state index contributed by atoms with van der Waals surface area (Å²) in [6.45, 7) is 6.14. The highest BCUT2D eigenvalue weighted by molar-refractivity contribution is 7.92. The lowest BCUT2D eigenvalue weighted by molar-refractivity contribution is 0.0769. The average molecular weight is 519 g/mol. The molecule has 0 aliphatic heterocycles. The Morgan fingerprint density at radius 3 is 2.19 bits per heavy atom. The molecule has 37 heavy (non-hydrogen) atoms. The highest BCUT2D eigenvalue weighted by atomic mass is 32.2. The molecule has 0 spiro atoms. The second-order valence-corrected chi connectivity index (χ2v) is 11.2. The maximum Gasteiger partial charge on any atom is 0.254 e. The molecule has 1 aromatic heterocycles. The van der Waals surface area contributed by atoms with E-state index in [9.17, 15) is 13.2 Å². The Hall–Kier alpha value is -3.98. The number of aromatic nitrogens is 2. The second-order valence-electron chi connectivity index (χ2n) is 9.30. The molecule has 0 fully saturated rings. The van der Waals surface area contributed by atoms with Crippen LogP contribution in [0.2, 0.25) is 0 Å². The van der Waals surface area contributed by atoms with Crippen LogP contribution in [-0.4, -0.2) is 42.7 Å². The van der Waals surface area contributed by atoms with Gasteiger partial charge in [0.2, 0.25) is 21.7 Å². The summed E-state index contributed by atoms with van der Waals surface area (Å²) in [7, 11) is -1.85. The fraction of sp³-hybridized carbons (Fsp3) is 0.250. The van der Waals surface area contributed by atoms with Crippen molar-refractivity contribution in [1.82, 2.24) is 15.0 Å². The van der Waals surface area contributed by atoms with Crippen LogP contribution in [0.3, 0.4) is 0 Å². The van der Waals surface area contributed by atoms with Crippen LogP contribution in [0.25, 0.3) is 11.4 Å². The van der Waals surface area contributed by atoms with E-state index in [4.69, 9.17) is 4.52 Å². The normalized spacial score (nSPS) is 11.4. The van der Waals surface area contributed by atoms with E-state index < -0.39 is 10.0 Å². The molecule has 0 aliphatic rings. The number of anilines is 1. The van der Waals surface area contributed by atoms with Crippen LogP contribution in [-0.2, 0) is 23.1 Å². The van der Waals surface area contributed by atoms with Gasteiger partial charge >= 0.3 is 0 Å². The maximum absolute atomic E-state index is 13.0. The van der Waals surface area contributed by atoms with E-state index in [2.05, 4.69) is 10.1 Å². The van der Waals surface area contributed by atoms with Crippen molar-refractivity contribution in [3.8, 4) is 11.4 Å². The highest BCUT2D eigenvalue weighted by Crippen LogP contribution is 2.26. The summed E-state index contributed by atoms with van der Waals surface area (Å²) >= 11 is 0. The van der Waals surface area contributed by atoms with Gasteiger partial charge in [0.1, 0.15) is 0 Å². The number of carbonyl (C=O) groups excluding carboxylic acids is 1. The van der Waals surface area contributed by atoms with Gasteiger partial charge in [-0.15, -0.1) is 0 Å². The van der Waals surface area contributed by atoms with Gasteiger partial charge in [0.15, 0.2) is 0 Å². The molecule has 0 atom stereocenters. The zero-order chi connectivity index (χ0) is 26.7. The summed E-state index contributed by atoms with van der Waals surface area (Å²) in [6.07, 6.45) is 1.20. The van der Waals surface area contributed by atoms with Gasteiger partial charge in [-0.25, -0.2) is 8.42 Å². The molecule has 9 heteroatoms. The number of carbonyl (C=O) groups is 1. The molecule has 3 aromatic carbocycles. The SMILES string of the molecule is Cc1ccc(-c2noc(CN(C)C(=O)c3ccc(CN(c4cc(C)ccc4C)S(C)(=O)=O)cc3)n2)cc1. The number of benzene rings is 3. The summed E-state index contributed by atoms with van der Waals surface area (Å²) in [5, 5.41) is 4.02. The van der Waals surface area contributed by atoms with Gasteiger partial charge in [-0.2, -0.15) is 4.98 Å². The molecule has 0 aliphatic carbocycles. The minimum absolute atomic E-state index is 0.161. The van der Waals surface area contributed by atoms with Crippen LogP contribution in [0.4, 0.5) is 5.69 Å². The number of hydrogen-bond acceptors (Lipinski definition) is 6. The number of hydrogen-bond donors (Lipinski definition) is 0. The Kier molecular flexibility index (Phi) is 7.45. The standard InChI is InChI=1S/C28H30N4O4S/c1-19-7-12-23(13-8-19)27-29-26(36-30-27)18-31(4)28(33)24-14-10-22(11-15-24)17-32(37(5,34)35)25-16-20(2)6-9-21(25)3/h6-16H,17-18H2,1-5H3. The van der Waals surface area contributed by atoms with Crippen molar-refractivity contribution in [2.75, 3.05) is 17.6 Å². The van der Waals surface area contributed by atoms with Crippen molar-refractivity contribution in [1.29, 1.82) is 0 Å². The van der Waals surface area contributed by atoms with E-state index in [0.717, 1.165) is 27.8 Å². The van der Waals surface area contributed by atoms with Crippen molar-refractivity contribution in [3.05, 3.63) is 100 Å². The van der Waals surface area contributed by atoms with Crippen molar-refractivity contribution >= 4 is 21.6 Å². The van der Waals surface area contributed by atoms with Gasteiger partial charge < -0.3 is 9.42 Å². The third-order valence-electron chi connectivity index (χ3n) is 6.06. The first-order valence-electron chi connectivity index (χ1n) is 11.8. The number of sulfonamides is 1. The Bertz CT molecular complexity index is 1510. The summed E-state index contributed by atoms with van der Waals surface area (Å²) in [6, 6.07) is 20.5. The van der Waals surface area contributed by atoms with Crippen LogP contribution >= 0.6 is 0 Å². The molecule has 0 radical (unpaired) electrons.